The first-order valence-corrected chi connectivity index (χ1v) is 6.12. The third-order valence-electron chi connectivity index (χ3n) is 2.78. The second-order valence-corrected chi connectivity index (χ2v) is 4.28. The lowest BCUT2D eigenvalue weighted by Gasteiger charge is -2.11. The van der Waals surface area contributed by atoms with Crippen LogP contribution in [0.3, 0.4) is 0 Å². The molecule has 0 aliphatic heterocycles. The van der Waals surface area contributed by atoms with E-state index >= 15 is 0 Å². The topological polar surface area (TPSA) is 61.6 Å². The van der Waals surface area contributed by atoms with E-state index in [0.717, 1.165) is 12.8 Å². The Morgan fingerprint density at radius 2 is 1.78 bits per heavy atom. The average molecular weight is 251 g/mol. The first kappa shape index (κ1) is 14.5. The molecule has 0 aliphatic carbocycles. The Morgan fingerprint density at radius 1 is 1.22 bits per heavy atom. The van der Waals surface area contributed by atoms with Gasteiger partial charge in [0.2, 0.25) is 0 Å². The molecule has 0 heterocycles. The number of nitrogens with two attached hydrogens (primary N) is 1. The number of benzene rings is 1. The van der Waals surface area contributed by atoms with Crippen molar-refractivity contribution >= 4 is 5.78 Å². The van der Waals surface area contributed by atoms with Gasteiger partial charge in [-0.05, 0) is 18.6 Å². The average Bonchev–Trinajstić information content (AvgIpc) is 2.38. The number of carbonyl (C=O) groups is 1. The fourth-order valence-corrected chi connectivity index (χ4v) is 1.80. The molecule has 1 rings (SSSR count). The first-order valence-electron chi connectivity index (χ1n) is 6.12. The number of Topliss-reactive ketones (excluding diaryl/α,β-unsaturated/α-hetero) is 1. The van der Waals surface area contributed by atoms with E-state index in [-0.39, 0.29) is 11.8 Å². The largest absolute Gasteiger partial charge is 0.497 e. The minimum Gasteiger partial charge on any atom is -0.497 e. The third kappa shape index (κ3) is 4.04. The van der Waals surface area contributed by atoms with Crippen LogP contribution in [0.1, 0.15) is 36.5 Å². The Hall–Kier alpha value is -1.55. The smallest absolute Gasteiger partial charge is 0.164 e. The minimum atomic E-state index is -0.0836. The van der Waals surface area contributed by atoms with Gasteiger partial charge in [0, 0.05) is 24.1 Å². The van der Waals surface area contributed by atoms with Crippen LogP contribution in [0.2, 0.25) is 0 Å². The van der Waals surface area contributed by atoms with E-state index in [2.05, 4.69) is 6.92 Å². The summed E-state index contributed by atoms with van der Waals surface area (Å²) in [5, 5.41) is 0. The van der Waals surface area contributed by atoms with Crippen LogP contribution in [0.4, 0.5) is 0 Å². The quantitative estimate of drug-likeness (QED) is 0.756. The van der Waals surface area contributed by atoms with E-state index in [4.69, 9.17) is 15.2 Å². The summed E-state index contributed by atoms with van der Waals surface area (Å²) in [5.41, 5.74) is 6.46. The van der Waals surface area contributed by atoms with E-state index in [1.165, 1.54) is 0 Å². The summed E-state index contributed by atoms with van der Waals surface area (Å²) in [7, 11) is 3.12. The molecule has 1 unspecified atom stereocenters. The van der Waals surface area contributed by atoms with Crippen LogP contribution in [-0.4, -0.2) is 26.0 Å². The monoisotopic (exact) mass is 251 g/mol. The summed E-state index contributed by atoms with van der Waals surface area (Å²) in [6.45, 7) is 2.05. The van der Waals surface area contributed by atoms with Gasteiger partial charge in [-0.2, -0.15) is 0 Å². The molecular weight excluding hydrogens is 230 g/mol. The van der Waals surface area contributed by atoms with Gasteiger partial charge in [-0.15, -0.1) is 0 Å². The lowest BCUT2D eigenvalue weighted by atomic mass is 10.0. The van der Waals surface area contributed by atoms with Crippen molar-refractivity contribution in [1.82, 2.24) is 0 Å². The van der Waals surface area contributed by atoms with Crippen LogP contribution < -0.4 is 15.2 Å². The zero-order valence-corrected chi connectivity index (χ0v) is 11.2. The molecule has 2 N–H and O–H groups in total. The van der Waals surface area contributed by atoms with Crippen molar-refractivity contribution in [2.24, 2.45) is 5.73 Å². The highest BCUT2D eigenvalue weighted by molar-refractivity contribution is 5.97. The zero-order chi connectivity index (χ0) is 13.5. The minimum absolute atomic E-state index is 0.0214. The summed E-state index contributed by atoms with van der Waals surface area (Å²) in [5.74, 6) is 1.25. The molecule has 4 nitrogen and oxygen atoms in total. The van der Waals surface area contributed by atoms with E-state index in [1.54, 1.807) is 32.4 Å². The van der Waals surface area contributed by atoms with Gasteiger partial charge in [0.15, 0.2) is 5.78 Å². The van der Waals surface area contributed by atoms with Crippen LogP contribution in [0, 0.1) is 0 Å². The predicted molar refractivity (Wildman–Crippen MR) is 71.4 cm³/mol. The van der Waals surface area contributed by atoms with Crippen LogP contribution >= 0.6 is 0 Å². The van der Waals surface area contributed by atoms with Gasteiger partial charge in [-0.25, -0.2) is 0 Å². The van der Waals surface area contributed by atoms with E-state index < -0.39 is 0 Å². The third-order valence-corrected chi connectivity index (χ3v) is 2.78. The van der Waals surface area contributed by atoms with Gasteiger partial charge in [0.05, 0.1) is 14.2 Å². The Morgan fingerprint density at radius 3 is 2.22 bits per heavy atom. The Bertz CT molecular complexity index is 382. The second kappa shape index (κ2) is 7.01. The van der Waals surface area contributed by atoms with Crippen molar-refractivity contribution in [1.29, 1.82) is 0 Å². The van der Waals surface area contributed by atoms with Gasteiger partial charge in [-0.1, -0.05) is 13.3 Å². The highest BCUT2D eigenvalue weighted by Gasteiger charge is 2.13. The van der Waals surface area contributed by atoms with Crippen molar-refractivity contribution < 1.29 is 14.3 Å². The molecule has 0 saturated heterocycles. The number of ketones is 1. The van der Waals surface area contributed by atoms with Crippen molar-refractivity contribution in [3.63, 3.8) is 0 Å². The molecule has 4 heteroatoms. The fraction of sp³-hybridized carbons (Fsp3) is 0.500. The predicted octanol–water partition coefficient (Wildman–Crippen LogP) is 2.40. The van der Waals surface area contributed by atoms with Crippen LogP contribution in [-0.2, 0) is 0 Å². The van der Waals surface area contributed by atoms with Crippen LogP contribution in [0.15, 0.2) is 18.2 Å². The summed E-state index contributed by atoms with van der Waals surface area (Å²) in [4.78, 5) is 12.1. The lowest BCUT2D eigenvalue weighted by Crippen LogP contribution is -2.23. The summed E-state index contributed by atoms with van der Waals surface area (Å²) in [6, 6.07) is 5.08. The SMILES string of the molecule is CCCC(N)CC(=O)c1cc(OC)cc(OC)c1. The molecule has 1 aromatic carbocycles. The number of ether oxygens (including phenoxy) is 2. The molecule has 0 saturated carbocycles. The normalized spacial score (nSPS) is 12.0. The summed E-state index contributed by atoms with van der Waals surface area (Å²) < 4.78 is 10.3. The maximum Gasteiger partial charge on any atom is 0.164 e. The van der Waals surface area contributed by atoms with Gasteiger partial charge in [0.25, 0.3) is 0 Å². The molecule has 1 atom stereocenters. The number of methoxy groups -OCH3 is 2. The lowest BCUT2D eigenvalue weighted by molar-refractivity contribution is 0.0972. The molecule has 0 aliphatic rings. The van der Waals surface area contributed by atoms with E-state index in [1.807, 2.05) is 0 Å². The van der Waals surface area contributed by atoms with Crippen molar-refractivity contribution in [3.8, 4) is 11.5 Å². The molecule has 0 radical (unpaired) electrons. The number of rotatable bonds is 7. The molecule has 100 valence electrons. The van der Waals surface area contributed by atoms with Gasteiger partial charge in [0.1, 0.15) is 11.5 Å². The Balaban J connectivity index is 2.84. The molecule has 0 fully saturated rings. The summed E-state index contributed by atoms with van der Waals surface area (Å²) in [6.07, 6.45) is 2.19. The molecule has 0 spiro atoms. The molecule has 18 heavy (non-hydrogen) atoms. The Kier molecular flexibility index (Phi) is 5.65. The van der Waals surface area contributed by atoms with E-state index in [0.29, 0.717) is 23.5 Å². The van der Waals surface area contributed by atoms with Gasteiger partial charge >= 0.3 is 0 Å². The number of hydrogen-bond acceptors (Lipinski definition) is 4. The molecule has 0 amide bonds. The molecule has 1 aromatic rings. The summed E-state index contributed by atoms with van der Waals surface area (Å²) >= 11 is 0. The standard InChI is InChI=1S/C14H21NO3/c1-4-5-11(15)8-14(16)10-6-12(17-2)9-13(7-10)18-3/h6-7,9,11H,4-5,8,15H2,1-3H3. The van der Waals surface area contributed by atoms with Gasteiger partial charge in [-0.3, -0.25) is 4.79 Å². The maximum atomic E-state index is 12.1. The van der Waals surface area contributed by atoms with Crippen molar-refractivity contribution in [2.75, 3.05) is 14.2 Å². The van der Waals surface area contributed by atoms with Crippen molar-refractivity contribution in [3.05, 3.63) is 23.8 Å². The van der Waals surface area contributed by atoms with E-state index in [9.17, 15) is 4.79 Å². The maximum absolute atomic E-state index is 12.1. The van der Waals surface area contributed by atoms with Gasteiger partial charge < -0.3 is 15.2 Å². The highest BCUT2D eigenvalue weighted by Crippen LogP contribution is 2.23. The first-order chi connectivity index (χ1) is 8.60. The highest BCUT2D eigenvalue weighted by atomic mass is 16.5. The zero-order valence-electron chi connectivity index (χ0n) is 11.2. The molecule has 0 aromatic heterocycles. The number of hydrogen-bond donors (Lipinski definition) is 1. The molecule has 0 bridgehead atoms. The van der Waals surface area contributed by atoms with Crippen molar-refractivity contribution in [2.45, 2.75) is 32.2 Å². The fourth-order valence-electron chi connectivity index (χ4n) is 1.80. The number of carbonyl (C=O) groups excluding carboxylic acids is 1. The molecular formula is C14H21NO3. The Labute approximate surface area is 108 Å². The second-order valence-electron chi connectivity index (χ2n) is 4.28. The van der Waals surface area contributed by atoms with Crippen LogP contribution in [0.25, 0.3) is 0 Å². The van der Waals surface area contributed by atoms with Crippen LogP contribution in [0.5, 0.6) is 11.5 Å².